The zero-order valence-electron chi connectivity index (χ0n) is 24.1. The summed E-state index contributed by atoms with van der Waals surface area (Å²) >= 11 is 0. The number of hydrogen-bond donors (Lipinski definition) is 2. The van der Waals surface area contributed by atoms with Gasteiger partial charge in [0.05, 0.1) is 12.6 Å². The third-order valence-electron chi connectivity index (χ3n) is 7.85. The Morgan fingerprint density at radius 2 is 1.62 bits per heavy atom. The second-order valence-corrected chi connectivity index (χ2v) is 12.3. The molecular weight excluding hydrogens is 474 g/mol. The van der Waals surface area contributed by atoms with Crippen molar-refractivity contribution in [2.45, 2.75) is 90.9 Å². The molecule has 10 heteroatoms. The highest BCUT2D eigenvalue weighted by atomic mass is 16.4. The van der Waals surface area contributed by atoms with Crippen LogP contribution in [0.3, 0.4) is 0 Å². The highest BCUT2D eigenvalue weighted by Gasteiger charge is 2.40. The van der Waals surface area contributed by atoms with Gasteiger partial charge in [-0.2, -0.15) is 0 Å². The lowest BCUT2D eigenvalue weighted by Gasteiger charge is -2.40. The summed E-state index contributed by atoms with van der Waals surface area (Å²) in [7, 11) is 5.54. The molecule has 0 bridgehead atoms. The van der Waals surface area contributed by atoms with Gasteiger partial charge >= 0.3 is 5.97 Å². The molecule has 10 nitrogen and oxygen atoms in total. The van der Waals surface area contributed by atoms with Crippen molar-refractivity contribution in [3.63, 3.8) is 0 Å². The molecule has 0 spiro atoms. The maximum Gasteiger partial charge on any atom is 0.326 e. The van der Waals surface area contributed by atoms with E-state index in [0.717, 1.165) is 25.8 Å². The number of carboxylic acids is 1. The van der Waals surface area contributed by atoms with Crippen LogP contribution in [-0.2, 0) is 19.2 Å². The molecule has 4 atom stereocenters. The van der Waals surface area contributed by atoms with Crippen molar-refractivity contribution in [1.29, 1.82) is 0 Å². The number of rotatable bonds is 10. The normalized spacial score (nSPS) is 22.7. The molecule has 2 aliphatic rings. The number of aliphatic carboxylic acids is 1. The van der Waals surface area contributed by atoms with Crippen LogP contribution in [0.1, 0.15) is 66.7 Å². The van der Waals surface area contributed by atoms with Crippen molar-refractivity contribution in [3.05, 3.63) is 0 Å². The first-order valence-corrected chi connectivity index (χ1v) is 13.6. The second kappa shape index (κ2) is 13.0. The van der Waals surface area contributed by atoms with Gasteiger partial charge in [-0.3, -0.25) is 24.2 Å². The number of nitrogens with one attached hydrogen (secondary N) is 1. The van der Waals surface area contributed by atoms with Gasteiger partial charge in [0.15, 0.2) is 0 Å². The maximum atomic E-state index is 13.8. The Bertz CT molecular complexity index is 826. The van der Waals surface area contributed by atoms with Crippen molar-refractivity contribution >= 4 is 23.7 Å². The van der Waals surface area contributed by atoms with E-state index in [1.54, 1.807) is 11.9 Å². The minimum absolute atomic E-state index is 0.0858. The van der Waals surface area contributed by atoms with Crippen LogP contribution in [-0.4, -0.2) is 120 Å². The molecule has 2 saturated heterocycles. The average Bonchev–Trinajstić information content (AvgIpc) is 3.30. The molecule has 0 aliphatic carbocycles. The van der Waals surface area contributed by atoms with E-state index in [-0.39, 0.29) is 42.3 Å². The van der Waals surface area contributed by atoms with E-state index in [4.69, 9.17) is 0 Å². The summed E-state index contributed by atoms with van der Waals surface area (Å²) in [5.74, 6) is -1.32. The molecule has 2 rings (SSSR count). The fourth-order valence-corrected chi connectivity index (χ4v) is 5.47. The van der Waals surface area contributed by atoms with Gasteiger partial charge in [-0.25, -0.2) is 4.79 Å². The Labute approximate surface area is 222 Å². The quantitative estimate of drug-likeness (QED) is 0.446. The summed E-state index contributed by atoms with van der Waals surface area (Å²) in [6, 6.07) is -1.87. The van der Waals surface area contributed by atoms with E-state index >= 15 is 0 Å². The SMILES string of the molecule is CC(C)[C@@H](CN(C)CC(=O)N1CCCC1C(=O)O)N(C)C(=O)C(NC(=O)[C@H]1CCCCN1C)C(C)(C)C. The van der Waals surface area contributed by atoms with Crippen molar-refractivity contribution in [3.8, 4) is 0 Å². The van der Waals surface area contributed by atoms with E-state index in [2.05, 4.69) is 10.2 Å². The Morgan fingerprint density at radius 3 is 2.16 bits per heavy atom. The number of carboxylic acid groups (broad SMARTS) is 1. The summed E-state index contributed by atoms with van der Waals surface area (Å²) in [6.45, 7) is 11.8. The van der Waals surface area contributed by atoms with Gasteiger partial charge in [-0.05, 0) is 57.7 Å². The molecule has 0 aromatic carbocycles. The first-order valence-electron chi connectivity index (χ1n) is 13.6. The van der Waals surface area contributed by atoms with Crippen LogP contribution in [0.2, 0.25) is 0 Å². The Balaban J connectivity index is 2.10. The van der Waals surface area contributed by atoms with Gasteiger partial charge in [0.25, 0.3) is 0 Å². The second-order valence-electron chi connectivity index (χ2n) is 12.3. The highest BCUT2D eigenvalue weighted by molar-refractivity contribution is 5.90. The molecule has 0 aromatic rings. The topological polar surface area (TPSA) is 113 Å². The lowest BCUT2D eigenvalue weighted by atomic mass is 9.84. The molecule has 2 fully saturated rings. The molecule has 0 aromatic heterocycles. The van der Waals surface area contributed by atoms with Crippen LogP contribution < -0.4 is 5.32 Å². The van der Waals surface area contributed by atoms with Gasteiger partial charge in [0, 0.05) is 26.2 Å². The minimum atomic E-state index is -0.964. The van der Waals surface area contributed by atoms with Gasteiger partial charge in [0.2, 0.25) is 17.7 Å². The predicted octanol–water partition coefficient (Wildman–Crippen LogP) is 1.49. The molecule has 3 amide bonds. The Morgan fingerprint density at radius 1 is 1.00 bits per heavy atom. The van der Waals surface area contributed by atoms with Crippen molar-refractivity contribution in [1.82, 2.24) is 24.9 Å². The van der Waals surface area contributed by atoms with E-state index in [1.165, 1.54) is 4.90 Å². The lowest BCUT2D eigenvalue weighted by Crippen LogP contribution is -2.60. The summed E-state index contributed by atoms with van der Waals surface area (Å²) in [6.07, 6.45) is 4.03. The molecular formula is C27H49N5O5. The van der Waals surface area contributed by atoms with Gasteiger partial charge in [-0.1, -0.05) is 41.0 Å². The molecule has 2 unspecified atom stereocenters. The van der Waals surface area contributed by atoms with Gasteiger partial charge in [0.1, 0.15) is 12.1 Å². The zero-order chi connectivity index (χ0) is 28.1. The number of piperidine rings is 1. The summed E-state index contributed by atoms with van der Waals surface area (Å²) in [5.41, 5.74) is -0.487. The maximum absolute atomic E-state index is 13.8. The number of carbonyl (C=O) groups is 4. The first-order chi connectivity index (χ1) is 17.1. The van der Waals surface area contributed by atoms with E-state index in [0.29, 0.717) is 25.9 Å². The summed E-state index contributed by atoms with van der Waals surface area (Å²) in [5, 5.41) is 12.5. The van der Waals surface area contributed by atoms with Gasteiger partial charge < -0.3 is 20.2 Å². The molecule has 212 valence electrons. The monoisotopic (exact) mass is 523 g/mol. The molecule has 2 heterocycles. The largest absolute Gasteiger partial charge is 0.480 e. The van der Waals surface area contributed by atoms with E-state index < -0.39 is 23.5 Å². The van der Waals surface area contributed by atoms with E-state index in [9.17, 15) is 24.3 Å². The molecule has 0 saturated carbocycles. The smallest absolute Gasteiger partial charge is 0.326 e. The average molecular weight is 524 g/mol. The highest BCUT2D eigenvalue weighted by Crippen LogP contribution is 2.25. The molecule has 0 radical (unpaired) electrons. The fourth-order valence-electron chi connectivity index (χ4n) is 5.47. The summed E-state index contributed by atoms with van der Waals surface area (Å²) < 4.78 is 0. The van der Waals surface area contributed by atoms with Gasteiger partial charge in [-0.15, -0.1) is 0 Å². The molecule has 2 aliphatic heterocycles. The predicted molar refractivity (Wildman–Crippen MR) is 143 cm³/mol. The third kappa shape index (κ3) is 8.14. The van der Waals surface area contributed by atoms with Crippen molar-refractivity contribution < 1.29 is 24.3 Å². The summed E-state index contributed by atoms with van der Waals surface area (Å²) in [4.78, 5) is 58.4. The molecule has 2 N–H and O–H groups in total. The van der Waals surface area contributed by atoms with Crippen molar-refractivity contribution in [2.75, 3.05) is 47.3 Å². The van der Waals surface area contributed by atoms with Crippen LogP contribution in [0, 0.1) is 11.3 Å². The Hall–Kier alpha value is -2.20. The Kier molecular flexibility index (Phi) is 10.9. The van der Waals surface area contributed by atoms with Crippen LogP contribution in [0.15, 0.2) is 0 Å². The van der Waals surface area contributed by atoms with E-state index in [1.807, 2.05) is 53.6 Å². The molecule has 37 heavy (non-hydrogen) atoms. The zero-order valence-corrected chi connectivity index (χ0v) is 24.1. The third-order valence-corrected chi connectivity index (χ3v) is 7.85. The van der Waals surface area contributed by atoms with Crippen LogP contribution in [0.5, 0.6) is 0 Å². The number of carbonyl (C=O) groups excluding carboxylic acids is 3. The van der Waals surface area contributed by atoms with Crippen LogP contribution in [0.25, 0.3) is 0 Å². The fraction of sp³-hybridized carbons (Fsp3) is 0.852. The minimum Gasteiger partial charge on any atom is -0.480 e. The first kappa shape index (κ1) is 31.0. The number of likely N-dealkylation sites (tertiary alicyclic amines) is 2. The lowest BCUT2D eigenvalue weighted by molar-refractivity contribution is -0.148. The standard InChI is InChI=1S/C27H49N5O5/c1-18(2)21(16-29(6)17-22(33)32-15-11-13-20(32)26(36)37)31(8)25(35)23(27(3,4)5)28-24(34)19-12-9-10-14-30(19)7/h18-21,23H,9-17H2,1-8H3,(H,28,34)(H,36,37)/t19-,20?,21-,23?/m1/s1. The van der Waals surface area contributed by atoms with Crippen LogP contribution in [0.4, 0.5) is 0 Å². The van der Waals surface area contributed by atoms with Crippen LogP contribution >= 0.6 is 0 Å². The number of nitrogens with zero attached hydrogens (tertiary/aromatic N) is 4. The number of likely N-dealkylation sites (N-methyl/N-ethyl adjacent to an activating group) is 3. The number of hydrogen-bond acceptors (Lipinski definition) is 6. The number of amides is 3. The van der Waals surface area contributed by atoms with Crippen molar-refractivity contribution in [2.24, 2.45) is 11.3 Å².